The van der Waals surface area contributed by atoms with Crippen molar-refractivity contribution in [1.82, 2.24) is 9.80 Å². The van der Waals surface area contributed by atoms with Gasteiger partial charge in [0, 0.05) is 67.3 Å². The quantitative estimate of drug-likeness (QED) is 0.239. The molecule has 5 fully saturated rings. The zero-order chi connectivity index (χ0) is 41.7. The van der Waals surface area contributed by atoms with Gasteiger partial charge in [0.05, 0.1) is 49.8 Å². The van der Waals surface area contributed by atoms with Gasteiger partial charge in [-0.25, -0.2) is 4.79 Å². The zero-order valence-corrected chi connectivity index (χ0v) is 35.1. The lowest BCUT2D eigenvalue weighted by Gasteiger charge is -2.63. The molecule has 2 aliphatic carbocycles. The molecule has 59 heavy (non-hydrogen) atoms. The van der Waals surface area contributed by atoms with Crippen LogP contribution in [0.3, 0.4) is 0 Å². The molecular formula is C46H56N4O9. The SMILES string of the molecule is CC[C@]1(O)C[C@H]2C[C@](C(=O)OC)(c3cc4c(cc3OC)N(C)[C@H]3[C@@](O)(C(=O)OC)[C@H](OC(C)=O)[C@]5(CC)C=CCN6CC[C@]43[C@@H]65)C3=Nc4ccccc4[C@@]34CCN(C1)[C@@H]24. The number of piperidine rings is 1. The molecule has 13 heteroatoms. The number of anilines is 1. The van der Waals surface area contributed by atoms with E-state index in [0.29, 0.717) is 63.1 Å². The minimum absolute atomic E-state index is 0.0261. The smallest absolute Gasteiger partial charge is 0.344 e. The number of carbonyl (C=O) groups is 3. The van der Waals surface area contributed by atoms with Crippen molar-refractivity contribution in [2.75, 3.05) is 59.5 Å². The molecule has 6 aliphatic heterocycles. The van der Waals surface area contributed by atoms with Gasteiger partial charge < -0.3 is 34.1 Å². The van der Waals surface area contributed by atoms with Crippen molar-refractivity contribution in [3.05, 3.63) is 65.2 Å². The Morgan fingerprint density at radius 1 is 0.898 bits per heavy atom. The van der Waals surface area contributed by atoms with Crippen LogP contribution in [-0.2, 0) is 44.8 Å². The van der Waals surface area contributed by atoms with Crippen molar-refractivity contribution < 1.29 is 43.5 Å². The predicted octanol–water partition coefficient (Wildman–Crippen LogP) is 3.72. The number of para-hydroxylation sites is 1. The lowest BCUT2D eigenvalue weighted by atomic mass is 9.47. The van der Waals surface area contributed by atoms with Crippen molar-refractivity contribution in [2.24, 2.45) is 16.3 Å². The third-order valence-corrected chi connectivity index (χ3v) is 16.7. The van der Waals surface area contributed by atoms with E-state index in [2.05, 4.69) is 34.1 Å². The van der Waals surface area contributed by atoms with E-state index in [-0.39, 0.29) is 18.0 Å². The highest BCUT2D eigenvalue weighted by Gasteiger charge is 2.81. The Balaban J connectivity index is 1.27. The van der Waals surface area contributed by atoms with Crippen LogP contribution in [0.2, 0.25) is 0 Å². The summed E-state index contributed by atoms with van der Waals surface area (Å²) in [5.41, 5.74) is -2.23. The first-order chi connectivity index (χ1) is 28.2. The monoisotopic (exact) mass is 808 g/mol. The lowest BCUT2D eigenvalue weighted by Crippen LogP contribution is -2.81. The van der Waals surface area contributed by atoms with Crippen LogP contribution < -0.4 is 9.64 Å². The van der Waals surface area contributed by atoms with Gasteiger partial charge in [-0.15, -0.1) is 0 Å². The average Bonchev–Trinajstić information content (AvgIpc) is 3.99. The third kappa shape index (κ3) is 4.40. The first-order valence-corrected chi connectivity index (χ1v) is 21.3. The van der Waals surface area contributed by atoms with Gasteiger partial charge in [-0.1, -0.05) is 44.2 Å². The van der Waals surface area contributed by atoms with E-state index < -0.39 is 62.9 Å². The van der Waals surface area contributed by atoms with Crippen molar-refractivity contribution in [3.8, 4) is 5.75 Å². The van der Waals surface area contributed by atoms with Crippen LogP contribution >= 0.6 is 0 Å². The lowest BCUT2D eigenvalue weighted by molar-refractivity contribution is -0.228. The number of aliphatic imine (C=N–C) groups is 1. The molecule has 0 aromatic heterocycles. The largest absolute Gasteiger partial charge is 0.496 e. The number of methoxy groups -OCH3 is 3. The van der Waals surface area contributed by atoms with Gasteiger partial charge in [0.25, 0.3) is 0 Å². The van der Waals surface area contributed by atoms with Crippen LogP contribution in [0.15, 0.2) is 53.5 Å². The summed E-state index contributed by atoms with van der Waals surface area (Å²) in [5.74, 6) is -1.56. The summed E-state index contributed by atoms with van der Waals surface area (Å²) in [4.78, 5) is 55.0. The Kier molecular flexibility index (Phi) is 8.32. The summed E-state index contributed by atoms with van der Waals surface area (Å²) in [6.07, 6.45) is 6.07. The number of ether oxygens (including phenoxy) is 4. The van der Waals surface area contributed by atoms with Gasteiger partial charge in [-0.05, 0) is 80.8 Å². The molecule has 0 amide bonds. The van der Waals surface area contributed by atoms with E-state index in [1.165, 1.54) is 21.1 Å². The summed E-state index contributed by atoms with van der Waals surface area (Å²) < 4.78 is 23.9. The number of nitrogens with zero attached hydrogens (tertiary/aromatic N) is 4. The van der Waals surface area contributed by atoms with Crippen molar-refractivity contribution in [1.29, 1.82) is 0 Å². The highest BCUT2D eigenvalue weighted by Crippen LogP contribution is 2.69. The number of hydrogen-bond donors (Lipinski definition) is 2. The van der Waals surface area contributed by atoms with E-state index in [4.69, 9.17) is 23.9 Å². The number of rotatable bonds is 7. The second kappa shape index (κ2) is 12.6. The molecule has 2 saturated carbocycles. The summed E-state index contributed by atoms with van der Waals surface area (Å²) in [7, 11) is 6.16. The Morgan fingerprint density at radius 2 is 1.64 bits per heavy atom. The Morgan fingerprint density at radius 3 is 2.34 bits per heavy atom. The van der Waals surface area contributed by atoms with Gasteiger partial charge in [0.1, 0.15) is 11.2 Å². The van der Waals surface area contributed by atoms with E-state index in [0.717, 1.165) is 41.2 Å². The van der Waals surface area contributed by atoms with Crippen LogP contribution in [0.1, 0.15) is 76.0 Å². The maximum atomic E-state index is 15.3. The Bertz CT molecular complexity index is 2250. The molecule has 2 N–H and O–H groups in total. The second-order valence-electron chi connectivity index (χ2n) is 18.7. The fourth-order valence-corrected chi connectivity index (χ4v) is 14.9. The van der Waals surface area contributed by atoms with E-state index in [9.17, 15) is 19.8 Å². The minimum atomic E-state index is -2.30. The molecule has 0 unspecified atom stereocenters. The van der Waals surface area contributed by atoms with E-state index in [1.807, 2.05) is 50.1 Å². The van der Waals surface area contributed by atoms with Gasteiger partial charge in [-0.3, -0.25) is 24.4 Å². The number of benzene rings is 2. The normalized spacial score (nSPS) is 40.9. The maximum absolute atomic E-state index is 15.3. The molecule has 8 aliphatic rings. The molecule has 11 atom stereocenters. The standard InChI is InChI=1S/C46H56N4O9/c1-8-41(54)23-27-24-45(39(52)57-6,35-43(16-20-50(25-41)34(27)43)28-13-10-11-14-31(28)47-35)30-21-29-32(22-33(30)56-5)48(4)37-44(29)17-19-49-18-12-15-42(9-2,36(44)49)38(59-26(3)51)46(37,55)40(53)58-7/h10-15,21-22,27,34,36-38,54-55H,8-9,16-20,23-25H2,1-7H3/t27-,34-,36-,37+,38+,41-,42+,43+,44+,45-,46-/m0/s1. The molecule has 2 aromatic rings. The highest BCUT2D eigenvalue weighted by atomic mass is 16.6. The Labute approximate surface area is 345 Å². The van der Waals surface area contributed by atoms with Crippen molar-refractivity contribution >= 4 is 35.0 Å². The molecule has 10 rings (SSSR count). The number of fused-ring (bicyclic) bond motifs is 2. The fraction of sp³-hybridized carbons (Fsp3) is 0.609. The third-order valence-electron chi connectivity index (χ3n) is 16.7. The molecule has 2 spiro atoms. The zero-order valence-electron chi connectivity index (χ0n) is 35.1. The van der Waals surface area contributed by atoms with Gasteiger partial charge in [-0.2, -0.15) is 0 Å². The van der Waals surface area contributed by atoms with Gasteiger partial charge in [0.15, 0.2) is 6.10 Å². The number of likely N-dealkylation sites (N-methyl/N-ethyl adjacent to an activating group) is 1. The summed E-state index contributed by atoms with van der Waals surface area (Å²) in [6.45, 7) is 7.98. The number of hydrogen-bond acceptors (Lipinski definition) is 13. The topological polar surface area (TPSA) is 151 Å². The van der Waals surface area contributed by atoms with Crippen molar-refractivity contribution in [2.45, 2.75) is 111 Å². The first kappa shape index (κ1) is 38.9. The number of aliphatic hydroxyl groups is 2. The predicted molar refractivity (Wildman–Crippen MR) is 218 cm³/mol. The molecule has 3 saturated heterocycles. The molecular weight excluding hydrogens is 753 g/mol. The molecule has 6 heterocycles. The second-order valence-corrected chi connectivity index (χ2v) is 18.7. The summed E-state index contributed by atoms with van der Waals surface area (Å²) >= 11 is 0. The van der Waals surface area contributed by atoms with Crippen LogP contribution in [0, 0.1) is 11.3 Å². The first-order valence-electron chi connectivity index (χ1n) is 21.3. The molecule has 0 bridgehead atoms. The van der Waals surface area contributed by atoms with Crippen LogP contribution in [0.5, 0.6) is 5.75 Å². The summed E-state index contributed by atoms with van der Waals surface area (Å²) in [5, 5.41) is 25.4. The number of carbonyl (C=O) groups excluding carboxylic acids is 3. The van der Waals surface area contributed by atoms with Crippen molar-refractivity contribution in [3.63, 3.8) is 0 Å². The van der Waals surface area contributed by atoms with Crippen LogP contribution in [0.25, 0.3) is 0 Å². The van der Waals surface area contributed by atoms with Gasteiger partial charge >= 0.3 is 17.9 Å². The van der Waals surface area contributed by atoms with Gasteiger partial charge in [0.2, 0.25) is 5.60 Å². The van der Waals surface area contributed by atoms with E-state index in [1.54, 1.807) is 7.11 Å². The summed E-state index contributed by atoms with van der Waals surface area (Å²) in [6, 6.07) is 11.1. The van der Waals surface area contributed by atoms with Crippen LogP contribution in [-0.4, -0.2) is 134 Å². The molecule has 13 nitrogen and oxygen atoms in total. The fourth-order valence-electron chi connectivity index (χ4n) is 14.9. The Hall–Kier alpha value is -4.30. The molecule has 314 valence electrons. The molecule has 0 radical (unpaired) electrons. The minimum Gasteiger partial charge on any atom is -0.496 e. The van der Waals surface area contributed by atoms with Crippen LogP contribution in [0.4, 0.5) is 11.4 Å². The highest BCUT2D eigenvalue weighted by molar-refractivity contribution is 6.21. The maximum Gasteiger partial charge on any atom is 0.344 e. The average molecular weight is 809 g/mol. The number of esters is 3. The van der Waals surface area contributed by atoms with E-state index >= 15 is 4.79 Å². The molecule has 2 aromatic carbocycles.